The van der Waals surface area contributed by atoms with Gasteiger partial charge in [0.15, 0.2) is 5.84 Å². The number of aromatic nitrogens is 2. The molecule has 2 heterocycles. The number of aliphatic imine (C=N–C) groups is 1. The van der Waals surface area contributed by atoms with Crippen LogP contribution in [0.5, 0.6) is 0 Å². The average molecular weight is 402 g/mol. The van der Waals surface area contributed by atoms with Gasteiger partial charge in [0.05, 0.1) is 6.20 Å². The van der Waals surface area contributed by atoms with Crippen molar-refractivity contribution in [2.24, 2.45) is 4.99 Å². The van der Waals surface area contributed by atoms with Crippen molar-refractivity contribution in [3.05, 3.63) is 39.2 Å². The zero-order chi connectivity index (χ0) is 17.7. The van der Waals surface area contributed by atoms with Crippen molar-refractivity contribution in [3.63, 3.8) is 0 Å². The van der Waals surface area contributed by atoms with Gasteiger partial charge in [-0.3, -0.25) is 15.1 Å². The fourth-order valence-electron chi connectivity index (χ4n) is 1.75. The monoisotopic (exact) mass is 401 g/mol. The van der Waals surface area contributed by atoms with Gasteiger partial charge in [0.2, 0.25) is 0 Å². The van der Waals surface area contributed by atoms with Crippen LogP contribution in [0.15, 0.2) is 38.7 Å². The Morgan fingerprint density at radius 3 is 3.04 bits per heavy atom. The van der Waals surface area contributed by atoms with Crippen LogP contribution in [0.4, 0.5) is 0 Å². The lowest BCUT2D eigenvalue weighted by atomic mass is 10.4. The Balaban J connectivity index is 1.61. The first-order chi connectivity index (χ1) is 12.2. The Morgan fingerprint density at radius 1 is 1.40 bits per heavy atom. The maximum Gasteiger partial charge on any atom is 0.259 e. The molecule has 8 nitrogen and oxygen atoms in total. The van der Waals surface area contributed by atoms with Crippen molar-refractivity contribution < 1.29 is 9.34 Å². The molecular weight excluding hydrogens is 382 g/mol. The molecule has 0 atom stereocenters. The normalized spacial score (nSPS) is 11.6. The molecule has 0 saturated carbocycles. The molecule has 0 amide bonds. The summed E-state index contributed by atoms with van der Waals surface area (Å²) in [6.07, 6.45) is 5.73. The summed E-state index contributed by atoms with van der Waals surface area (Å²) < 4.78 is 5.12. The fourth-order valence-corrected chi connectivity index (χ4v) is 4.02. The van der Waals surface area contributed by atoms with Crippen molar-refractivity contribution in [2.75, 3.05) is 31.1 Å². The van der Waals surface area contributed by atoms with E-state index in [2.05, 4.69) is 20.3 Å². The average Bonchev–Trinajstić information content (AvgIpc) is 3.27. The molecule has 0 spiro atoms. The quantitative estimate of drug-likeness (QED) is 0.144. The Labute approximate surface area is 158 Å². The van der Waals surface area contributed by atoms with Crippen molar-refractivity contribution in [1.82, 2.24) is 15.3 Å². The second-order valence-electron chi connectivity index (χ2n) is 4.72. The lowest BCUT2D eigenvalue weighted by Crippen LogP contribution is -2.32. The molecule has 136 valence electrons. The van der Waals surface area contributed by atoms with Crippen molar-refractivity contribution in [3.8, 4) is 0 Å². The van der Waals surface area contributed by atoms with Crippen LogP contribution in [0.1, 0.15) is 11.4 Å². The molecule has 0 aliphatic rings. The number of thiazole rings is 1. The first-order valence-corrected chi connectivity index (χ1v) is 10.6. The van der Waals surface area contributed by atoms with Crippen LogP contribution in [0.3, 0.4) is 0 Å². The number of nitrogens with one attached hydrogen (secondary N) is 1. The molecule has 11 heteroatoms. The summed E-state index contributed by atoms with van der Waals surface area (Å²) in [7, 11) is 0. The molecule has 2 rings (SSSR count). The molecule has 0 fully saturated rings. The largest absolute Gasteiger partial charge is 0.440 e. The highest BCUT2D eigenvalue weighted by atomic mass is 32.2. The minimum Gasteiger partial charge on any atom is -0.440 e. The molecule has 2 aromatic heterocycles. The third-order valence-electron chi connectivity index (χ3n) is 2.80. The molecule has 0 bridgehead atoms. The minimum absolute atomic E-state index is 0.274. The van der Waals surface area contributed by atoms with Gasteiger partial charge in [0.25, 0.3) is 11.8 Å². The smallest absolute Gasteiger partial charge is 0.259 e. The van der Waals surface area contributed by atoms with Gasteiger partial charge in [-0.1, -0.05) is 11.8 Å². The van der Waals surface area contributed by atoms with Gasteiger partial charge in [-0.25, -0.2) is 9.97 Å². The summed E-state index contributed by atoms with van der Waals surface area (Å²) in [5.74, 6) is 2.94. The number of rotatable bonds is 12. The summed E-state index contributed by atoms with van der Waals surface area (Å²) >= 11 is 4.88. The van der Waals surface area contributed by atoms with Crippen molar-refractivity contribution >= 4 is 40.7 Å². The van der Waals surface area contributed by atoms with Crippen LogP contribution >= 0.6 is 34.9 Å². The number of nitro groups is 1. The Hall–Kier alpha value is -1.59. The van der Waals surface area contributed by atoms with Crippen molar-refractivity contribution in [1.29, 1.82) is 0 Å². The molecule has 2 aromatic rings. The van der Waals surface area contributed by atoms with E-state index in [0.29, 0.717) is 24.1 Å². The van der Waals surface area contributed by atoms with E-state index >= 15 is 0 Å². The van der Waals surface area contributed by atoms with E-state index in [0.717, 1.165) is 28.7 Å². The Morgan fingerprint density at radius 2 is 2.32 bits per heavy atom. The van der Waals surface area contributed by atoms with Gasteiger partial charge < -0.3 is 9.73 Å². The fraction of sp³-hybridized carbons (Fsp3) is 0.500. The highest BCUT2D eigenvalue weighted by molar-refractivity contribution is 7.99. The van der Waals surface area contributed by atoms with Crippen LogP contribution in [-0.2, 0) is 5.75 Å². The number of hydrogen-bond donors (Lipinski definition) is 1. The van der Waals surface area contributed by atoms with Gasteiger partial charge in [-0.15, -0.1) is 11.3 Å². The number of amidine groups is 1. The van der Waals surface area contributed by atoms with Crippen molar-refractivity contribution in [2.45, 2.75) is 17.4 Å². The van der Waals surface area contributed by atoms with E-state index in [1.807, 2.05) is 5.38 Å². The highest BCUT2D eigenvalue weighted by Gasteiger charge is 2.07. The second kappa shape index (κ2) is 11.9. The van der Waals surface area contributed by atoms with E-state index in [1.165, 1.54) is 18.0 Å². The van der Waals surface area contributed by atoms with Gasteiger partial charge in [-0.2, -0.15) is 11.8 Å². The molecule has 0 aliphatic heterocycles. The summed E-state index contributed by atoms with van der Waals surface area (Å²) in [5.41, 5.74) is 0. The van der Waals surface area contributed by atoms with Crippen LogP contribution < -0.4 is 5.32 Å². The molecule has 25 heavy (non-hydrogen) atoms. The zero-order valence-corrected chi connectivity index (χ0v) is 15.9. The van der Waals surface area contributed by atoms with Gasteiger partial charge >= 0.3 is 0 Å². The number of oxazole rings is 1. The van der Waals surface area contributed by atoms with Crippen LogP contribution in [0, 0.1) is 10.1 Å². The number of thioether (sulfide) groups is 2. The summed E-state index contributed by atoms with van der Waals surface area (Å²) in [5, 5.41) is 17.5. The lowest BCUT2D eigenvalue weighted by molar-refractivity contribution is -0.463. The number of hydrogen-bond acceptors (Lipinski definition) is 9. The van der Waals surface area contributed by atoms with E-state index in [4.69, 9.17) is 4.42 Å². The lowest BCUT2D eigenvalue weighted by Gasteiger charge is -2.06. The molecule has 1 N–H and O–H groups in total. The molecule has 0 saturated heterocycles. The minimum atomic E-state index is -0.365. The third-order valence-corrected chi connectivity index (χ3v) is 5.68. The molecule has 0 aliphatic carbocycles. The maximum absolute atomic E-state index is 10.7. The maximum atomic E-state index is 10.7. The van der Waals surface area contributed by atoms with Crippen LogP contribution in [0.25, 0.3) is 0 Å². The second-order valence-corrected chi connectivity index (χ2v) is 7.85. The first kappa shape index (κ1) is 19.7. The molecule has 0 aromatic carbocycles. The molecule has 0 radical (unpaired) electrons. The standard InChI is InChI=1S/C14H19N5O3S3/c20-19(21)10-12(15-2-1-7-25-14-18-3-6-22-14)16-4-8-23-11-13-17-5-9-24-13/h3,5-6,9H,1-2,4,7-8,10-11H2,(H,15,16). The van der Waals surface area contributed by atoms with Crippen LogP contribution in [-0.4, -0.2) is 51.9 Å². The predicted octanol–water partition coefficient (Wildman–Crippen LogP) is 2.81. The number of nitrogens with zero attached hydrogens (tertiary/aromatic N) is 4. The van der Waals surface area contributed by atoms with Gasteiger partial charge in [0, 0.05) is 46.8 Å². The van der Waals surface area contributed by atoms with E-state index < -0.39 is 0 Å². The third kappa shape index (κ3) is 8.89. The van der Waals surface area contributed by atoms with E-state index in [1.54, 1.807) is 35.5 Å². The zero-order valence-electron chi connectivity index (χ0n) is 13.5. The van der Waals surface area contributed by atoms with Crippen LogP contribution in [0.2, 0.25) is 0 Å². The summed E-state index contributed by atoms with van der Waals surface area (Å²) in [4.78, 5) is 22.9. The van der Waals surface area contributed by atoms with E-state index in [9.17, 15) is 10.1 Å². The van der Waals surface area contributed by atoms with E-state index in [-0.39, 0.29) is 11.5 Å². The summed E-state index contributed by atoms with van der Waals surface area (Å²) in [6.45, 7) is 0.911. The topological polar surface area (TPSA) is 106 Å². The summed E-state index contributed by atoms with van der Waals surface area (Å²) in [6, 6.07) is 0. The molecule has 0 unspecified atom stereocenters. The van der Waals surface area contributed by atoms with Gasteiger partial charge in [0.1, 0.15) is 11.3 Å². The first-order valence-electron chi connectivity index (χ1n) is 7.61. The SMILES string of the molecule is O=[N+]([O-])CC(=NCCCSc1ncco1)NCCSCc1nccs1. The van der Waals surface area contributed by atoms with Gasteiger partial charge in [-0.05, 0) is 6.42 Å². The highest BCUT2D eigenvalue weighted by Crippen LogP contribution is 2.15. The Kier molecular flexibility index (Phi) is 9.37. The Bertz CT molecular complexity index is 634. The molecular formula is C14H19N5O3S3. The predicted molar refractivity (Wildman–Crippen MR) is 102 cm³/mol.